The number of hydrogen-bond acceptors (Lipinski definition) is 5. The largest absolute Gasteiger partial charge is 0.399 e. The van der Waals surface area contributed by atoms with E-state index in [0.717, 1.165) is 16.7 Å². The average Bonchev–Trinajstić information content (AvgIpc) is 2.35. The predicted molar refractivity (Wildman–Crippen MR) is 73.3 cm³/mol. The summed E-state index contributed by atoms with van der Waals surface area (Å²) >= 11 is 0. The van der Waals surface area contributed by atoms with E-state index in [-0.39, 0.29) is 12.6 Å². The van der Waals surface area contributed by atoms with Crippen molar-refractivity contribution in [3.05, 3.63) is 24.5 Å². The summed E-state index contributed by atoms with van der Waals surface area (Å²) in [5.41, 5.74) is 7.20. The summed E-state index contributed by atoms with van der Waals surface area (Å²) in [6, 6.07) is 5.49. The number of benzene rings is 1. The summed E-state index contributed by atoms with van der Waals surface area (Å²) in [4.78, 5) is 8.42. The van der Waals surface area contributed by atoms with Crippen molar-refractivity contribution in [2.24, 2.45) is 5.92 Å². The molecule has 1 aromatic heterocycles. The summed E-state index contributed by atoms with van der Waals surface area (Å²) < 4.78 is 0. The van der Waals surface area contributed by atoms with E-state index in [1.165, 1.54) is 6.33 Å². The van der Waals surface area contributed by atoms with E-state index in [2.05, 4.69) is 29.1 Å². The van der Waals surface area contributed by atoms with Crippen LogP contribution in [0.4, 0.5) is 11.5 Å². The van der Waals surface area contributed by atoms with Gasteiger partial charge in [-0.15, -0.1) is 0 Å². The number of hydrogen-bond donors (Lipinski definition) is 3. The van der Waals surface area contributed by atoms with Gasteiger partial charge < -0.3 is 16.2 Å². The van der Waals surface area contributed by atoms with Crippen molar-refractivity contribution in [2.45, 2.75) is 19.9 Å². The third kappa shape index (κ3) is 2.51. The number of aromatic nitrogens is 2. The molecule has 4 N–H and O–H groups in total. The van der Waals surface area contributed by atoms with E-state index in [4.69, 9.17) is 5.73 Å². The minimum absolute atomic E-state index is 0.0272. The molecule has 0 aliphatic carbocycles. The Labute approximate surface area is 106 Å². The van der Waals surface area contributed by atoms with Crippen LogP contribution in [0.1, 0.15) is 13.8 Å². The lowest BCUT2D eigenvalue weighted by Crippen LogP contribution is -2.29. The standard InChI is InChI=1S/C13H18N4O/c1-8(2)12(6-18)17-13-10-4-3-9(14)5-11(10)15-7-16-13/h3-5,7-8,12,18H,6,14H2,1-2H3,(H,15,16,17)/t12-/m1/s1. The number of aliphatic hydroxyl groups is 1. The second-order valence-electron chi connectivity index (χ2n) is 4.68. The number of nitrogens with zero attached hydrogens (tertiary/aromatic N) is 2. The van der Waals surface area contributed by atoms with Crippen LogP contribution in [0.25, 0.3) is 10.9 Å². The number of anilines is 2. The lowest BCUT2D eigenvalue weighted by atomic mass is 10.1. The van der Waals surface area contributed by atoms with Crippen LogP contribution in [-0.4, -0.2) is 27.7 Å². The van der Waals surface area contributed by atoms with Crippen molar-refractivity contribution in [2.75, 3.05) is 17.7 Å². The van der Waals surface area contributed by atoms with Crippen molar-refractivity contribution in [1.29, 1.82) is 0 Å². The van der Waals surface area contributed by atoms with Gasteiger partial charge in [-0.05, 0) is 24.1 Å². The fourth-order valence-corrected chi connectivity index (χ4v) is 1.79. The van der Waals surface area contributed by atoms with E-state index in [1.54, 1.807) is 0 Å². The molecule has 0 unspecified atom stereocenters. The highest BCUT2D eigenvalue weighted by molar-refractivity contribution is 5.90. The van der Waals surface area contributed by atoms with Crippen molar-refractivity contribution >= 4 is 22.4 Å². The fraction of sp³-hybridized carbons (Fsp3) is 0.385. The van der Waals surface area contributed by atoms with Gasteiger partial charge in [0.15, 0.2) is 0 Å². The molecule has 1 atom stereocenters. The molecule has 0 radical (unpaired) electrons. The second-order valence-corrected chi connectivity index (χ2v) is 4.68. The number of nitrogens with one attached hydrogen (secondary N) is 1. The van der Waals surface area contributed by atoms with Crippen molar-refractivity contribution in [1.82, 2.24) is 9.97 Å². The molecule has 0 saturated heterocycles. The van der Waals surface area contributed by atoms with Crippen LogP contribution >= 0.6 is 0 Å². The van der Waals surface area contributed by atoms with Crippen LogP contribution in [0.2, 0.25) is 0 Å². The van der Waals surface area contributed by atoms with Gasteiger partial charge in [0, 0.05) is 11.1 Å². The van der Waals surface area contributed by atoms with Gasteiger partial charge in [0.05, 0.1) is 18.2 Å². The van der Waals surface area contributed by atoms with E-state index in [9.17, 15) is 5.11 Å². The first-order chi connectivity index (χ1) is 8.61. The average molecular weight is 246 g/mol. The van der Waals surface area contributed by atoms with Gasteiger partial charge in [-0.2, -0.15) is 0 Å². The summed E-state index contributed by atoms with van der Waals surface area (Å²) in [6.07, 6.45) is 1.50. The first kappa shape index (κ1) is 12.6. The first-order valence-corrected chi connectivity index (χ1v) is 5.99. The zero-order valence-electron chi connectivity index (χ0n) is 10.6. The summed E-state index contributed by atoms with van der Waals surface area (Å²) in [7, 11) is 0. The number of fused-ring (bicyclic) bond motifs is 1. The molecule has 5 heteroatoms. The smallest absolute Gasteiger partial charge is 0.137 e. The third-order valence-corrected chi connectivity index (χ3v) is 2.98. The highest BCUT2D eigenvalue weighted by atomic mass is 16.3. The van der Waals surface area contributed by atoms with Crippen molar-refractivity contribution in [3.63, 3.8) is 0 Å². The Morgan fingerprint density at radius 3 is 2.78 bits per heavy atom. The highest BCUT2D eigenvalue weighted by Gasteiger charge is 2.14. The Hall–Kier alpha value is -1.88. The molecule has 2 aromatic rings. The van der Waals surface area contributed by atoms with E-state index in [1.807, 2.05) is 18.2 Å². The molecule has 0 amide bonds. The molecule has 5 nitrogen and oxygen atoms in total. The normalized spacial score (nSPS) is 12.9. The van der Waals surface area contributed by atoms with Gasteiger partial charge in [-0.25, -0.2) is 9.97 Å². The zero-order valence-corrected chi connectivity index (χ0v) is 10.6. The number of aliphatic hydroxyl groups excluding tert-OH is 1. The van der Waals surface area contributed by atoms with Crippen molar-refractivity contribution in [3.8, 4) is 0 Å². The molecule has 0 bridgehead atoms. The van der Waals surface area contributed by atoms with Crippen molar-refractivity contribution < 1.29 is 5.11 Å². The number of nitrogens with two attached hydrogens (primary N) is 1. The third-order valence-electron chi connectivity index (χ3n) is 2.98. The second kappa shape index (κ2) is 5.18. The molecule has 2 rings (SSSR count). The zero-order chi connectivity index (χ0) is 13.1. The minimum atomic E-state index is -0.0272. The first-order valence-electron chi connectivity index (χ1n) is 5.99. The lowest BCUT2D eigenvalue weighted by Gasteiger charge is -2.21. The molecule has 0 aliphatic heterocycles. The van der Waals surface area contributed by atoms with Gasteiger partial charge in [0.25, 0.3) is 0 Å². The van der Waals surface area contributed by atoms with Gasteiger partial charge in [-0.1, -0.05) is 13.8 Å². The van der Waals surface area contributed by atoms with Gasteiger partial charge in [-0.3, -0.25) is 0 Å². The predicted octanol–water partition coefficient (Wildman–Crippen LogP) is 1.64. The van der Waals surface area contributed by atoms with Gasteiger partial charge in [0.2, 0.25) is 0 Å². The lowest BCUT2D eigenvalue weighted by molar-refractivity contribution is 0.249. The van der Waals surface area contributed by atoms with E-state index < -0.39 is 0 Å². The fourth-order valence-electron chi connectivity index (χ4n) is 1.79. The molecule has 0 fully saturated rings. The molecule has 0 spiro atoms. The van der Waals surface area contributed by atoms with Crippen LogP contribution < -0.4 is 11.1 Å². The maximum atomic E-state index is 9.35. The van der Waals surface area contributed by atoms with Crippen LogP contribution in [-0.2, 0) is 0 Å². The minimum Gasteiger partial charge on any atom is -0.399 e. The molecule has 0 saturated carbocycles. The Bertz CT molecular complexity index is 542. The number of nitrogen functional groups attached to an aromatic ring is 1. The molecule has 18 heavy (non-hydrogen) atoms. The molecule has 96 valence electrons. The maximum absolute atomic E-state index is 9.35. The monoisotopic (exact) mass is 246 g/mol. The van der Waals surface area contributed by atoms with Gasteiger partial charge >= 0.3 is 0 Å². The topological polar surface area (TPSA) is 84.1 Å². The quantitative estimate of drug-likeness (QED) is 0.714. The molecule has 1 aromatic carbocycles. The Morgan fingerprint density at radius 1 is 1.33 bits per heavy atom. The molecule has 1 heterocycles. The number of rotatable bonds is 4. The van der Waals surface area contributed by atoms with E-state index >= 15 is 0 Å². The van der Waals surface area contributed by atoms with Gasteiger partial charge in [0.1, 0.15) is 12.1 Å². The van der Waals surface area contributed by atoms with Crippen LogP contribution in [0, 0.1) is 5.92 Å². The molecule has 0 aliphatic rings. The van der Waals surface area contributed by atoms with Crippen LogP contribution in [0.3, 0.4) is 0 Å². The summed E-state index contributed by atoms with van der Waals surface area (Å²) in [5.74, 6) is 1.04. The highest BCUT2D eigenvalue weighted by Crippen LogP contribution is 2.22. The summed E-state index contributed by atoms with van der Waals surface area (Å²) in [6.45, 7) is 4.17. The Balaban J connectivity index is 2.39. The molecular weight excluding hydrogens is 228 g/mol. The Kier molecular flexibility index (Phi) is 3.62. The summed E-state index contributed by atoms with van der Waals surface area (Å²) in [5, 5.41) is 13.5. The van der Waals surface area contributed by atoms with E-state index in [0.29, 0.717) is 11.6 Å². The molecular formula is C13H18N4O. The SMILES string of the molecule is CC(C)[C@@H](CO)Nc1ncnc2cc(N)ccc12. The Morgan fingerprint density at radius 2 is 2.11 bits per heavy atom. The maximum Gasteiger partial charge on any atom is 0.137 e. The van der Waals surface area contributed by atoms with Crippen LogP contribution in [0.15, 0.2) is 24.5 Å². The van der Waals surface area contributed by atoms with Crippen LogP contribution in [0.5, 0.6) is 0 Å².